The van der Waals surface area contributed by atoms with E-state index in [-0.39, 0.29) is 11.2 Å². The van der Waals surface area contributed by atoms with Crippen molar-refractivity contribution in [1.29, 1.82) is 0 Å². The molecule has 1 aromatic rings. The highest BCUT2D eigenvalue weighted by atomic mass is 19.1. The Hall–Kier alpha value is -1.61. The molecular weight excluding hydrogens is 387 g/mol. The average Bonchev–Trinajstić information content (AvgIpc) is 2.76. The van der Waals surface area contributed by atoms with E-state index in [1.807, 2.05) is 6.92 Å². The maximum absolute atomic E-state index is 14.3. The SMILES string of the molecule is CCOCCN1CCN(C2(CCC(C(N)=O)c3ncccc3F)CCOCC2)CC1. The summed E-state index contributed by atoms with van der Waals surface area (Å²) in [5.74, 6) is -1.70. The van der Waals surface area contributed by atoms with Gasteiger partial charge >= 0.3 is 0 Å². The lowest BCUT2D eigenvalue weighted by atomic mass is 9.80. The number of rotatable bonds is 10. The van der Waals surface area contributed by atoms with E-state index in [4.69, 9.17) is 15.2 Å². The fraction of sp³-hybridized carbons (Fsp3) is 0.727. The van der Waals surface area contributed by atoms with Gasteiger partial charge in [-0.2, -0.15) is 0 Å². The normalized spacial score (nSPS) is 21.4. The minimum Gasteiger partial charge on any atom is -0.381 e. The van der Waals surface area contributed by atoms with Crippen molar-refractivity contribution in [2.24, 2.45) is 5.73 Å². The highest BCUT2D eigenvalue weighted by Gasteiger charge is 2.40. The molecule has 0 bridgehead atoms. The first-order valence-corrected chi connectivity index (χ1v) is 11.1. The molecule has 0 saturated carbocycles. The van der Waals surface area contributed by atoms with E-state index < -0.39 is 17.6 Å². The summed E-state index contributed by atoms with van der Waals surface area (Å²) in [6.45, 7) is 9.88. The first-order chi connectivity index (χ1) is 14.6. The predicted molar refractivity (Wildman–Crippen MR) is 113 cm³/mol. The Kier molecular flexibility index (Phi) is 8.56. The summed E-state index contributed by atoms with van der Waals surface area (Å²) in [6.07, 6.45) is 4.62. The fourth-order valence-electron chi connectivity index (χ4n) is 4.74. The van der Waals surface area contributed by atoms with Gasteiger partial charge in [-0.05, 0) is 44.7 Å². The minimum atomic E-state index is -0.710. The van der Waals surface area contributed by atoms with Crippen molar-refractivity contribution in [3.63, 3.8) is 0 Å². The molecule has 0 aliphatic carbocycles. The summed E-state index contributed by atoms with van der Waals surface area (Å²) in [7, 11) is 0. The second-order valence-corrected chi connectivity index (χ2v) is 8.23. The van der Waals surface area contributed by atoms with Gasteiger partial charge in [-0.15, -0.1) is 0 Å². The maximum Gasteiger partial charge on any atom is 0.226 e. The number of nitrogens with zero attached hydrogens (tertiary/aromatic N) is 3. The zero-order chi connectivity index (χ0) is 21.4. The lowest BCUT2D eigenvalue weighted by Gasteiger charge is -2.50. The zero-order valence-corrected chi connectivity index (χ0v) is 18.0. The molecular formula is C22H35FN4O3. The number of amides is 1. The van der Waals surface area contributed by atoms with Gasteiger partial charge in [0.25, 0.3) is 0 Å². The third kappa shape index (κ3) is 5.75. The molecule has 30 heavy (non-hydrogen) atoms. The number of ether oxygens (including phenoxy) is 2. The van der Waals surface area contributed by atoms with Crippen molar-refractivity contribution in [3.8, 4) is 0 Å². The number of nitrogens with two attached hydrogens (primary N) is 1. The van der Waals surface area contributed by atoms with Gasteiger partial charge in [0.1, 0.15) is 5.82 Å². The third-order valence-corrected chi connectivity index (χ3v) is 6.58. The molecule has 3 heterocycles. The van der Waals surface area contributed by atoms with E-state index in [2.05, 4.69) is 14.8 Å². The van der Waals surface area contributed by atoms with Gasteiger partial charge in [0.05, 0.1) is 18.2 Å². The van der Waals surface area contributed by atoms with Gasteiger partial charge in [-0.3, -0.25) is 19.6 Å². The Labute approximate surface area is 178 Å². The van der Waals surface area contributed by atoms with Gasteiger partial charge in [0, 0.05) is 64.3 Å². The molecule has 0 spiro atoms. The van der Waals surface area contributed by atoms with E-state index >= 15 is 0 Å². The molecule has 2 saturated heterocycles. The number of hydrogen-bond donors (Lipinski definition) is 1. The predicted octanol–water partition coefficient (Wildman–Crippen LogP) is 1.77. The Morgan fingerprint density at radius 2 is 2.07 bits per heavy atom. The Morgan fingerprint density at radius 3 is 2.70 bits per heavy atom. The molecule has 1 amide bonds. The molecule has 1 aromatic heterocycles. The molecule has 2 N–H and O–H groups in total. The topological polar surface area (TPSA) is 80.9 Å². The van der Waals surface area contributed by atoms with Crippen molar-refractivity contribution in [2.45, 2.75) is 44.1 Å². The maximum atomic E-state index is 14.3. The smallest absolute Gasteiger partial charge is 0.226 e. The van der Waals surface area contributed by atoms with Crippen molar-refractivity contribution >= 4 is 5.91 Å². The number of halogens is 1. The molecule has 1 atom stereocenters. The number of hydrogen-bond acceptors (Lipinski definition) is 6. The summed E-state index contributed by atoms with van der Waals surface area (Å²) in [5, 5.41) is 0. The molecule has 1 unspecified atom stereocenters. The van der Waals surface area contributed by atoms with E-state index in [0.29, 0.717) is 19.6 Å². The van der Waals surface area contributed by atoms with Crippen LogP contribution in [0.1, 0.15) is 44.2 Å². The highest BCUT2D eigenvalue weighted by molar-refractivity contribution is 5.81. The summed E-state index contributed by atoms with van der Waals surface area (Å²) in [6, 6.07) is 2.87. The van der Waals surface area contributed by atoms with Gasteiger partial charge in [-0.1, -0.05) is 0 Å². The Balaban J connectivity index is 1.65. The molecule has 2 aliphatic rings. The van der Waals surface area contributed by atoms with Gasteiger partial charge < -0.3 is 15.2 Å². The molecule has 2 fully saturated rings. The van der Waals surface area contributed by atoms with E-state index in [1.54, 1.807) is 0 Å². The minimum absolute atomic E-state index is 0.0385. The van der Waals surface area contributed by atoms with Crippen LogP contribution < -0.4 is 5.73 Å². The third-order valence-electron chi connectivity index (χ3n) is 6.58. The lowest BCUT2D eigenvalue weighted by molar-refractivity contribution is -0.120. The molecule has 2 aliphatic heterocycles. The van der Waals surface area contributed by atoms with Crippen LogP contribution in [0.3, 0.4) is 0 Å². The first kappa shape index (κ1) is 23.1. The summed E-state index contributed by atoms with van der Waals surface area (Å²) < 4.78 is 25.4. The summed E-state index contributed by atoms with van der Waals surface area (Å²) in [5.41, 5.74) is 5.77. The van der Waals surface area contributed by atoms with Crippen LogP contribution in [0.25, 0.3) is 0 Å². The van der Waals surface area contributed by atoms with Crippen LogP contribution in [0.5, 0.6) is 0 Å². The summed E-state index contributed by atoms with van der Waals surface area (Å²) >= 11 is 0. The summed E-state index contributed by atoms with van der Waals surface area (Å²) in [4.78, 5) is 21.2. The van der Waals surface area contributed by atoms with Crippen molar-refractivity contribution in [2.75, 3.05) is 59.2 Å². The number of aromatic nitrogens is 1. The van der Waals surface area contributed by atoms with Crippen LogP contribution in [0.4, 0.5) is 4.39 Å². The number of carbonyl (C=O) groups excluding carboxylic acids is 1. The van der Waals surface area contributed by atoms with Crippen molar-refractivity contribution < 1.29 is 18.7 Å². The quantitative estimate of drug-likeness (QED) is 0.579. The Bertz CT molecular complexity index is 676. The second-order valence-electron chi connectivity index (χ2n) is 8.23. The molecule has 168 valence electrons. The van der Waals surface area contributed by atoms with Crippen LogP contribution >= 0.6 is 0 Å². The van der Waals surface area contributed by atoms with Crippen molar-refractivity contribution in [1.82, 2.24) is 14.8 Å². The van der Waals surface area contributed by atoms with Gasteiger partial charge in [-0.25, -0.2) is 4.39 Å². The van der Waals surface area contributed by atoms with Crippen LogP contribution in [0.15, 0.2) is 18.3 Å². The monoisotopic (exact) mass is 422 g/mol. The fourth-order valence-corrected chi connectivity index (χ4v) is 4.74. The van der Waals surface area contributed by atoms with Crippen molar-refractivity contribution in [3.05, 3.63) is 29.8 Å². The van der Waals surface area contributed by atoms with Crippen LogP contribution in [0, 0.1) is 5.82 Å². The first-order valence-electron chi connectivity index (χ1n) is 11.1. The van der Waals surface area contributed by atoms with Gasteiger partial charge in [0.15, 0.2) is 0 Å². The van der Waals surface area contributed by atoms with E-state index in [0.717, 1.165) is 65.2 Å². The van der Waals surface area contributed by atoms with Crippen LogP contribution in [0.2, 0.25) is 0 Å². The number of carbonyl (C=O) groups is 1. The molecule has 0 aromatic carbocycles. The van der Waals surface area contributed by atoms with E-state index in [9.17, 15) is 9.18 Å². The molecule has 3 rings (SSSR count). The largest absolute Gasteiger partial charge is 0.381 e. The second kappa shape index (κ2) is 11.1. The Morgan fingerprint density at radius 1 is 1.33 bits per heavy atom. The van der Waals surface area contributed by atoms with Crippen LogP contribution in [-0.4, -0.2) is 85.4 Å². The van der Waals surface area contributed by atoms with Gasteiger partial charge in [0.2, 0.25) is 5.91 Å². The number of piperazine rings is 1. The number of pyridine rings is 1. The highest BCUT2D eigenvalue weighted by Crippen LogP contribution is 2.36. The molecule has 8 heteroatoms. The van der Waals surface area contributed by atoms with E-state index in [1.165, 1.54) is 18.3 Å². The molecule has 7 nitrogen and oxygen atoms in total. The standard InChI is InChI=1S/C22H35FN4O3/c1-2-29-17-14-26-10-12-27(13-11-26)22(7-15-30-16-8-22)6-5-18(21(24)28)20-19(23)4-3-9-25-20/h3-4,9,18H,2,5-8,10-17H2,1H3,(H2,24,28). The van der Waals surface area contributed by atoms with Crippen LogP contribution in [-0.2, 0) is 14.3 Å². The molecule has 0 radical (unpaired) electrons. The zero-order valence-electron chi connectivity index (χ0n) is 18.0. The average molecular weight is 423 g/mol. The lowest BCUT2D eigenvalue weighted by Crippen LogP contribution is -2.59. The number of primary amides is 1.